The van der Waals surface area contributed by atoms with E-state index in [2.05, 4.69) is 4.74 Å². The predicted octanol–water partition coefficient (Wildman–Crippen LogP) is 3.15. The zero-order valence-corrected chi connectivity index (χ0v) is 12.3. The molecule has 0 amide bonds. The molecule has 1 atom stereocenters. The molecule has 0 saturated heterocycles. The van der Waals surface area contributed by atoms with Crippen LogP contribution in [0.15, 0.2) is 0 Å². The lowest BCUT2D eigenvalue weighted by molar-refractivity contribution is -0.188. The van der Waals surface area contributed by atoms with E-state index >= 15 is 0 Å². The Bertz CT molecular complexity index is 429. The van der Waals surface area contributed by atoms with Gasteiger partial charge in [0.1, 0.15) is 0 Å². The summed E-state index contributed by atoms with van der Waals surface area (Å²) in [5.74, 6) is -1.75. The van der Waals surface area contributed by atoms with Gasteiger partial charge in [0, 0.05) is 0 Å². The second-order valence-electron chi connectivity index (χ2n) is 4.76. The lowest BCUT2D eigenvalue weighted by atomic mass is 9.94. The van der Waals surface area contributed by atoms with Crippen molar-refractivity contribution in [1.82, 2.24) is 0 Å². The molecule has 0 aliphatic rings. The van der Waals surface area contributed by atoms with Crippen LogP contribution in [0.5, 0.6) is 0 Å². The summed E-state index contributed by atoms with van der Waals surface area (Å²) in [5.41, 5.74) is 0. The smallest absolute Gasteiger partial charge is 0.422 e. The highest BCUT2D eigenvalue weighted by molar-refractivity contribution is 7.53. The van der Waals surface area contributed by atoms with Gasteiger partial charge in [0.25, 0.3) is 0 Å². The Labute approximate surface area is 121 Å². The van der Waals surface area contributed by atoms with Gasteiger partial charge in [-0.05, 0) is 6.42 Å². The fourth-order valence-electron chi connectivity index (χ4n) is 1.91. The summed E-state index contributed by atoms with van der Waals surface area (Å²) in [7, 11) is -5.44. The first-order valence-electron chi connectivity index (χ1n) is 5.97. The van der Waals surface area contributed by atoms with Crippen molar-refractivity contribution in [3.05, 3.63) is 0 Å². The van der Waals surface area contributed by atoms with Crippen molar-refractivity contribution in [2.75, 3.05) is 6.61 Å². The number of hydrogen-bond acceptors (Lipinski definition) is 3. The van der Waals surface area contributed by atoms with Gasteiger partial charge in [-0.3, -0.25) is 9.36 Å². The molecular formula is C10H15F6O5P. The third-order valence-corrected chi connectivity index (χ3v) is 4.51. The van der Waals surface area contributed by atoms with Crippen molar-refractivity contribution in [1.29, 1.82) is 0 Å². The van der Waals surface area contributed by atoms with Crippen molar-refractivity contribution < 1.29 is 50.2 Å². The molecule has 0 aliphatic heterocycles. The molecule has 0 aromatic rings. The fourth-order valence-corrected chi connectivity index (χ4v) is 3.15. The van der Waals surface area contributed by atoms with Gasteiger partial charge in [-0.2, -0.15) is 26.3 Å². The van der Waals surface area contributed by atoms with E-state index < -0.39 is 56.9 Å². The van der Waals surface area contributed by atoms with Crippen LogP contribution in [-0.4, -0.2) is 39.9 Å². The van der Waals surface area contributed by atoms with Gasteiger partial charge < -0.3 is 14.5 Å². The lowest BCUT2D eigenvalue weighted by Crippen LogP contribution is -2.38. The van der Waals surface area contributed by atoms with E-state index in [-0.39, 0.29) is 6.42 Å². The summed E-state index contributed by atoms with van der Waals surface area (Å²) in [4.78, 5) is 29.6. The molecule has 0 saturated carbocycles. The summed E-state index contributed by atoms with van der Waals surface area (Å²) in [6.45, 7) is -0.719. The van der Waals surface area contributed by atoms with Gasteiger partial charge in [-0.1, -0.05) is 13.3 Å². The van der Waals surface area contributed by atoms with Crippen LogP contribution in [0.4, 0.5) is 26.3 Å². The van der Waals surface area contributed by atoms with Gasteiger partial charge >= 0.3 is 25.9 Å². The number of carbonyl (C=O) groups is 1. The number of alkyl halides is 6. The van der Waals surface area contributed by atoms with E-state index in [4.69, 9.17) is 0 Å². The van der Waals surface area contributed by atoms with Gasteiger partial charge in [0.2, 0.25) is 0 Å². The number of ether oxygens (including phenoxy) is 1. The Balaban J connectivity index is 5.31. The molecular weight excluding hydrogens is 345 g/mol. The van der Waals surface area contributed by atoms with E-state index in [1.807, 2.05) is 0 Å². The Morgan fingerprint density at radius 2 is 1.59 bits per heavy atom. The molecule has 132 valence electrons. The third-order valence-electron chi connectivity index (χ3n) is 2.73. The Morgan fingerprint density at radius 3 is 1.91 bits per heavy atom. The molecule has 0 aliphatic carbocycles. The summed E-state index contributed by atoms with van der Waals surface area (Å²) >= 11 is 0. The molecule has 1 unspecified atom stereocenters. The largest absolute Gasteiger partial charge is 0.456 e. The standard InChI is InChI=1S/C10H15F6O5P/c1-2-3-8(22(18,19)20,5-9(11,12)13)4-7(17)21-6-10(14,15)16/h2-6H2,1H3,(H2,18,19,20). The maximum atomic E-state index is 12.6. The van der Waals surface area contributed by atoms with Crippen LogP contribution in [0.3, 0.4) is 0 Å². The van der Waals surface area contributed by atoms with Crippen LogP contribution in [0.2, 0.25) is 0 Å². The van der Waals surface area contributed by atoms with Crippen LogP contribution in [-0.2, 0) is 14.1 Å². The van der Waals surface area contributed by atoms with Crippen LogP contribution in [0, 0.1) is 0 Å². The summed E-state index contributed by atoms with van der Waals surface area (Å²) in [6.07, 6.45) is -14.2. The minimum atomic E-state index is -5.44. The van der Waals surface area contributed by atoms with Crippen LogP contribution in [0.25, 0.3) is 0 Å². The van der Waals surface area contributed by atoms with Crippen LogP contribution >= 0.6 is 7.60 Å². The van der Waals surface area contributed by atoms with E-state index in [1.54, 1.807) is 0 Å². The van der Waals surface area contributed by atoms with E-state index in [0.29, 0.717) is 0 Å². The van der Waals surface area contributed by atoms with Crippen molar-refractivity contribution in [2.45, 2.75) is 50.1 Å². The van der Waals surface area contributed by atoms with Crippen molar-refractivity contribution in [2.24, 2.45) is 0 Å². The minimum Gasteiger partial charge on any atom is -0.456 e. The number of carbonyl (C=O) groups excluding carboxylic acids is 1. The van der Waals surface area contributed by atoms with Crippen LogP contribution < -0.4 is 0 Å². The molecule has 0 bridgehead atoms. The average Bonchev–Trinajstić information content (AvgIpc) is 2.21. The highest BCUT2D eigenvalue weighted by Gasteiger charge is 2.54. The zero-order valence-electron chi connectivity index (χ0n) is 11.4. The second kappa shape index (κ2) is 7.18. The number of esters is 1. The SMILES string of the molecule is CCCC(CC(=O)OCC(F)(F)F)(CC(F)(F)F)P(=O)(O)O. The molecule has 0 rings (SSSR count). The normalized spacial score (nSPS) is 16.2. The molecule has 0 heterocycles. The number of halogens is 6. The molecule has 2 N–H and O–H groups in total. The monoisotopic (exact) mass is 360 g/mol. The second-order valence-corrected chi connectivity index (χ2v) is 6.80. The Hall–Kier alpha value is -0.800. The van der Waals surface area contributed by atoms with E-state index in [0.717, 1.165) is 0 Å². The van der Waals surface area contributed by atoms with Crippen LogP contribution in [0.1, 0.15) is 32.6 Å². The topological polar surface area (TPSA) is 83.8 Å². The molecule has 12 heteroatoms. The fraction of sp³-hybridized carbons (Fsp3) is 0.900. The van der Waals surface area contributed by atoms with Crippen molar-refractivity contribution in [3.8, 4) is 0 Å². The van der Waals surface area contributed by atoms with Gasteiger partial charge in [-0.25, -0.2) is 0 Å². The quantitative estimate of drug-likeness (QED) is 0.414. The molecule has 5 nitrogen and oxygen atoms in total. The molecule has 0 spiro atoms. The van der Waals surface area contributed by atoms with Crippen molar-refractivity contribution >= 4 is 13.6 Å². The van der Waals surface area contributed by atoms with Gasteiger partial charge in [0.15, 0.2) is 6.61 Å². The molecule has 22 heavy (non-hydrogen) atoms. The third kappa shape index (κ3) is 7.46. The van der Waals surface area contributed by atoms with Gasteiger partial charge in [-0.15, -0.1) is 0 Å². The Kier molecular flexibility index (Phi) is 6.92. The minimum absolute atomic E-state index is 0.117. The summed E-state index contributed by atoms with van der Waals surface area (Å²) in [6, 6.07) is 0. The zero-order chi connectivity index (χ0) is 17.8. The van der Waals surface area contributed by atoms with E-state index in [1.165, 1.54) is 6.92 Å². The van der Waals surface area contributed by atoms with Crippen molar-refractivity contribution in [3.63, 3.8) is 0 Å². The summed E-state index contributed by atoms with van der Waals surface area (Å²) in [5, 5.41) is -2.83. The molecule has 0 aromatic heterocycles. The maximum Gasteiger partial charge on any atom is 0.422 e. The average molecular weight is 360 g/mol. The first-order valence-corrected chi connectivity index (χ1v) is 7.58. The first-order chi connectivity index (χ1) is 9.62. The van der Waals surface area contributed by atoms with Gasteiger partial charge in [0.05, 0.1) is 18.0 Å². The molecule has 0 aromatic carbocycles. The van der Waals surface area contributed by atoms with E-state index in [9.17, 15) is 45.5 Å². The number of hydrogen-bond donors (Lipinski definition) is 2. The number of rotatable bonds is 7. The highest BCUT2D eigenvalue weighted by Crippen LogP contribution is 2.59. The highest BCUT2D eigenvalue weighted by atomic mass is 31.2. The molecule has 0 fully saturated rings. The first kappa shape index (κ1) is 21.2. The molecule has 0 radical (unpaired) electrons. The Morgan fingerprint density at radius 1 is 1.09 bits per heavy atom. The predicted molar refractivity (Wildman–Crippen MR) is 62.0 cm³/mol. The maximum absolute atomic E-state index is 12.6. The lowest BCUT2D eigenvalue weighted by Gasteiger charge is -2.34. The summed E-state index contributed by atoms with van der Waals surface area (Å²) < 4.78 is 88.5.